The summed E-state index contributed by atoms with van der Waals surface area (Å²) in [4.78, 5) is 11.3. The predicted octanol–water partition coefficient (Wildman–Crippen LogP) is 3.37. The molecule has 0 fully saturated rings. The molecule has 2 heteroatoms. The molecule has 0 aliphatic heterocycles. The van der Waals surface area contributed by atoms with E-state index in [9.17, 15) is 9.18 Å². The van der Waals surface area contributed by atoms with Gasteiger partial charge in [0, 0.05) is 12.3 Å². The first kappa shape index (κ1) is 11.9. The van der Waals surface area contributed by atoms with Crippen molar-refractivity contribution in [3.8, 4) is 0 Å². The summed E-state index contributed by atoms with van der Waals surface area (Å²) in [6.45, 7) is 3.81. The topological polar surface area (TPSA) is 17.1 Å². The quantitative estimate of drug-likeness (QED) is 0.725. The zero-order chi connectivity index (χ0) is 11.3. The molecular formula is C13H17FO. The van der Waals surface area contributed by atoms with Crippen molar-refractivity contribution in [2.24, 2.45) is 5.92 Å². The number of hydrogen-bond acceptors (Lipinski definition) is 1. The third kappa shape index (κ3) is 4.24. The summed E-state index contributed by atoms with van der Waals surface area (Å²) in [7, 11) is 0. The van der Waals surface area contributed by atoms with Crippen LogP contribution in [-0.4, -0.2) is 5.78 Å². The molecule has 82 valence electrons. The molecule has 1 rings (SSSR count). The molecule has 1 aromatic carbocycles. The van der Waals surface area contributed by atoms with Gasteiger partial charge < -0.3 is 0 Å². The third-order valence-corrected chi connectivity index (χ3v) is 2.42. The fraction of sp³-hybridized carbons (Fsp3) is 0.462. The Morgan fingerprint density at radius 3 is 2.73 bits per heavy atom. The zero-order valence-electron chi connectivity index (χ0n) is 9.29. The second-order valence-corrected chi connectivity index (χ2v) is 4.10. The molecule has 0 N–H and O–H groups in total. The smallest absolute Gasteiger partial charge is 0.135 e. The lowest BCUT2D eigenvalue weighted by molar-refractivity contribution is -0.121. The molecule has 0 aliphatic carbocycles. The summed E-state index contributed by atoms with van der Waals surface area (Å²) in [5.41, 5.74) is 0.964. The Labute approximate surface area is 90.3 Å². The third-order valence-electron chi connectivity index (χ3n) is 2.42. The number of halogens is 1. The lowest BCUT2D eigenvalue weighted by Gasteiger charge is -2.04. The van der Waals surface area contributed by atoms with Gasteiger partial charge in [-0.1, -0.05) is 26.0 Å². The minimum atomic E-state index is -0.206. The first-order valence-electron chi connectivity index (χ1n) is 5.36. The SMILES string of the molecule is CC(C)C(=O)CCCc1cccc(F)c1. The molecule has 0 atom stereocenters. The fourth-order valence-corrected chi connectivity index (χ4v) is 1.45. The highest BCUT2D eigenvalue weighted by Crippen LogP contribution is 2.09. The highest BCUT2D eigenvalue weighted by molar-refractivity contribution is 5.80. The van der Waals surface area contributed by atoms with E-state index in [0.717, 1.165) is 18.4 Å². The van der Waals surface area contributed by atoms with Crippen LogP contribution in [0.25, 0.3) is 0 Å². The summed E-state index contributed by atoms with van der Waals surface area (Å²) in [5.74, 6) is 0.187. The molecule has 0 aliphatic rings. The molecule has 1 aromatic rings. The Balaban J connectivity index is 2.35. The monoisotopic (exact) mass is 208 g/mol. The molecule has 15 heavy (non-hydrogen) atoms. The van der Waals surface area contributed by atoms with Crippen molar-refractivity contribution in [3.05, 3.63) is 35.6 Å². The number of rotatable bonds is 5. The second kappa shape index (κ2) is 5.64. The summed E-state index contributed by atoms with van der Waals surface area (Å²) in [6.07, 6.45) is 2.17. The van der Waals surface area contributed by atoms with Crippen LogP contribution >= 0.6 is 0 Å². The maximum absolute atomic E-state index is 12.8. The summed E-state index contributed by atoms with van der Waals surface area (Å²) >= 11 is 0. The lowest BCUT2D eigenvalue weighted by Crippen LogP contribution is -2.06. The first-order chi connectivity index (χ1) is 7.09. The maximum Gasteiger partial charge on any atom is 0.135 e. The molecule has 0 saturated heterocycles. The summed E-state index contributed by atoms with van der Waals surface area (Å²) in [6, 6.07) is 6.56. The Kier molecular flexibility index (Phi) is 4.47. The van der Waals surface area contributed by atoms with Crippen molar-refractivity contribution in [2.45, 2.75) is 33.1 Å². The van der Waals surface area contributed by atoms with Crippen molar-refractivity contribution < 1.29 is 9.18 Å². The van der Waals surface area contributed by atoms with Gasteiger partial charge in [-0.2, -0.15) is 0 Å². The number of ketones is 1. The highest BCUT2D eigenvalue weighted by atomic mass is 19.1. The van der Waals surface area contributed by atoms with Crippen LogP contribution in [0.15, 0.2) is 24.3 Å². The molecule has 1 nitrogen and oxygen atoms in total. The van der Waals surface area contributed by atoms with E-state index in [0.29, 0.717) is 6.42 Å². The summed E-state index contributed by atoms with van der Waals surface area (Å²) < 4.78 is 12.8. The number of carbonyl (C=O) groups is 1. The van der Waals surface area contributed by atoms with E-state index >= 15 is 0 Å². The Hall–Kier alpha value is -1.18. The number of hydrogen-bond donors (Lipinski definition) is 0. The van der Waals surface area contributed by atoms with Gasteiger partial charge in [0.1, 0.15) is 11.6 Å². The van der Waals surface area contributed by atoms with Crippen molar-refractivity contribution in [1.82, 2.24) is 0 Å². The van der Waals surface area contributed by atoms with Crippen molar-refractivity contribution in [2.75, 3.05) is 0 Å². The average molecular weight is 208 g/mol. The van der Waals surface area contributed by atoms with Gasteiger partial charge in [-0.3, -0.25) is 4.79 Å². The van der Waals surface area contributed by atoms with Gasteiger partial charge in [0.05, 0.1) is 0 Å². The van der Waals surface area contributed by atoms with Crippen molar-refractivity contribution >= 4 is 5.78 Å². The van der Waals surface area contributed by atoms with E-state index in [4.69, 9.17) is 0 Å². The maximum atomic E-state index is 12.8. The molecule has 0 spiro atoms. The molecule has 0 aromatic heterocycles. The van der Waals surface area contributed by atoms with Crippen LogP contribution in [0.2, 0.25) is 0 Å². The van der Waals surface area contributed by atoms with Gasteiger partial charge in [-0.15, -0.1) is 0 Å². The molecular weight excluding hydrogens is 191 g/mol. The van der Waals surface area contributed by atoms with Gasteiger partial charge in [0.2, 0.25) is 0 Å². The van der Waals surface area contributed by atoms with Crippen molar-refractivity contribution in [1.29, 1.82) is 0 Å². The Morgan fingerprint density at radius 1 is 1.40 bits per heavy atom. The number of aryl methyl sites for hydroxylation is 1. The summed E-state index contributed by atoms with van der Waals surface area (Å²) in [5, 5.41) is 0. The van der Waals surface area contributed by atoms with E-state index in [2.05, 4.69) is 0 Å². The van der Waals surface area contributed by atoms with Gasteiger partial charge >= 0.3 is 0 Å². The van der Waals surface area contributed by atoms with Crippen LogP contribution in [0.4, 0.5) is 4.39 Å². The van der Waals surface area contributed by atoms with E-state index in [-0.39, 0.29) is 17.5 Å². The van der Waals surface area contributed by atoms with Crippen LogP contribution in [-0.2, 0) is 11.2 Å². The van der Waals surface area contributed by atoms with Crippen LogP contribution in [0.5, 0.6) is 0 Å². The van der Waals surface area contributed by atoms with E-state index in [1.165, 1.54) is 12.1 Å². The Morgan fingerprint density at radius 2 is 2.13 bits per heavy atom. The highest BCUT2D eigenvalue weighted by Gasteiger charge is 2.06. The van der Waals surface area contributed by atoms with Gasteiger partial charge in [-0.25, -0.2) is 4.39 Å². The molecule has 0 amide bonds. The molecule has 0 saturated carbocycles. The minimum absolute atomic E-state index is 0.109. The average Bonchev–Trinajstić information content (AvgIpc) is 2.17. The van der Waals surface area contributed by atoms with Gasteiger partial charge in [0.15, 0.2) is 0 Å². The van der Waals surface area contributed by atoms with E-state index < -0.39 is 0 Å². The second-order valence-electron chi connectivity index (χ2n) is 4.10. The van der Waals surface area contributed by atoms with Gasteiger partial charge in [0.25, 0.3) is 0 Å². The van der Waals surface area contributed by atoms with Gasteiger partial charge in [-0.05, 0) is 30.5 Å². The first-order valence-corrected chi connectivity index (χ1v) is 5.36. The molecule has 0 bridgehead atoms. The van der Waals surface area contributed by atoms with Crippen molar-refractivity contribution in [3.63, 3.8) is 0 Å². The Bertz CT molecular complexity index is 331. The molecule has 0 radical (unpaired) electrons. The molecule has 0 unspecified atom stereocenters. The zero-order valence-corrected chi connectivity index (χ0v) is 9.29. The number of Topliss-reactive ketones (excluding diaryl/α,β-unsaturated/α-hetero) is 1. The van der Waals surface area contributed by atoms with E-state index in [1.54, 1.807) is 6.07 Å². The lowest BCUT2D eigenvalue weighted by atomic mass is 10.0. The number of carbonyl (C=O) groups excluding carboxylic acids is 1. The standard InChI is InChI=1S/C13H17FO/c1-10(2)13(15)8-4-6-11-5-3-7-12(14)9-11/h3,5,7,9-10H,4,6,8H2,1-2H3. The van der Waals surface area contributed by atoms with E-state index in [1.807, 2.05) is 19.9 Å². The van der Waals surface area contributed by atoms with Crippen LogP contribution < -0.4 is 0 Å². The number of benzene rings is 1. The fourth-order valence-electron chi connectivity index (χ4n) is 1.45. The predicted molar refractivity (Wildman–Crippen MR) is 59.2 cm³/mol. The molecule has 0 heterocycles. The van der Waals surface area contributed by atoms with Crippen LogP contribution in [0, 0.1) is 11.7 Å². The minimum Gasteiger partial charge on any atom is -0.299 e. The van der Waals surface area contributed by atoms with Crippen LogP contribution in [0.1, 0.15) is 32.3 Å². The normalized spacial score (nSPS) is 10.7. The largest absolute Gasteiger partial charge is 0.299 e. The van der Waals surface area contributed by atoms with Crippen LogP contribution in [0.3, 0.4) is 0 Å².